The summed E-state index contributed by atoms with van der Waals surface area (Å²) in [7, 11) is 3.14. The van der Waals surface area contributed by atoms with Gasteiger partial charge >= 0.3 is 0 Å². The SMILES string of the molecule is C/C=C/c1ccc(OC)c(OC)c1CO. The summed E-state index contributed by atoms with van der Waals surface area (Å²) in [4.78, 5) is 0. The minimum absolute atomic E-state index is 0.0694. The van der Waals surface area contributed by atoms with E-state index in [1.165, 1.54) is 0 Å². The van der Waals surface area contributed by atoms with Gasteiger partial charge < -0.3 is 14.6 Å². The molecule has 0 spiro atoms. The Hall–Kier alpha value is -1.48. The molecular formula is C12H16O3. The largest absolute Gasteiger partial charge is 0.493 e. The van der Waals surface area contributed by atoms with Gasteiger partial charge in [0.2, 0.25) is 0 Å². The second kappa shape index (κ2) is 5.41. The quantitative estimate of drug-likeness (QED) is 0.824. The summed E-state index contributed by atoms with van der Waals surface area (Å²) >= 11 is 0. The third-order valence-electron chi connectivity index (χ3n) is 2.19. The maximum Gasteiger partial charge on any atom is 0.166 e. The van der Waals surface area contributed by atoms with Crippen molar-refractivity contribution in [2.75, 3.05) is 14.2 Å². The summed E-state index contributed by atoms with van der Waals surface area (Å²) in [5.41, 5.74) is 1.69. The average Bonchev–Trinajstić information content (AvgIpc) is 2.28. The van der Waals surface area contributed by atoms with E-state index in [0.717, 1.165) is 11.1 Å². The van der Waals surface area contributed by atoms with Gasteiger partial charge in [0.25, 0.3) is 0 Å². The Morgan fingerprint density at radius 3 is 2.47 bits per heavy atom. The summed E-state index contributed by atoms with van der Waals surface area (Å²) < 4.78 is 10.4. The van der Waals surface area contributed by atoms with Gasteiger partial charge in [0.15, 0.2) is 11.5 Å². The zero-order valence-corrected chi connectivity index (χ0v) is 9.28. The minimum Gasteiger partial charge on any atom is -0.493 e. The zero-order valence-electron chi connectivity index (χ0n) is 9.28. The highest BCUT2D eigenvalue weighted by molar-refractivity contribution is 5.61. The van der Waals surface area contributed by atoms with E-state index in [9.17, 15) is 5.11 Å². The Kier molecular flexibility index (Phi) is 4.18. The van der Waals surface area contributed by atoms with Crippen molar-refractivity contribution in [3.05, 3.63) is 29.3 Å². The van der Waals surface area contributed by atoms with E-state index in [-0.39, 0.29) is 6.61 Å². The Morgan fingerprint density at radius 2 is 2.00 bits per heavy atom. The first-order chi connectivity index (χ1) is 7.28. The molecule has 0 amide bonds. The lowest BCUT2D eigenvalue weighted by atomic mass is 10.1. The van der Waals surface area contributed by atoms with Crippen molar-refractivity contribution in [2.45, 2.75) is 13.5 Å². The first-order valence-corrected chi connectivity index (χ1v) is 4.75. The smallest absolute Gasteiger partial charge is 0.166 e. The number of ether oxygens (including phenoxy) is 2. The molecule has 1 aromatic rings. The number of aliphatic hydroxyl groups is 1. The molecule has 3 nitrogen and oxygen atoms in total. The Balaban J connectivity index is 3.33. The molecule has 0 unspecified atom stereocenters. The Bertz CT molecular complexity index is 356. The van der Waals surface area contributed by atoms with E-state index >= 15 is 0 Å². The van der Waals surface area contributed by atoms with E-state index in [4.69, 9.17) is 9.47 Å². The molecule has 0 bridgehead atoms. The summed E-state index contributed by atoms with van der Waals surface area (Å²) in [5.74, 6) is 1.23. The van der Waals surface area contributed by atoms with Crippen LogP contribution in [0.2, 0.25) is 0 Å². The van der Waals surface area contributed by atoms with E-state index in [1.807, 2.05) is 31.2 Å². The van der Waals surface area contributed by atoms with Crippen LogP contribution in [-0.2, 0) is 6.61 Å². The summed E-state index contributed by atoms with van der Waals surface area (Å²) in [6.07, 6.45) is 3.84. The van der Waals surface area contributed by atoms with Gasteiger partial charge in [-0.3, -0.25) is 0 Å². The van der Waals surface area contributed by atoms with Crippen LogP contribution in [-0.4, -0.2) is 19.3 Å². The number of allylic oxidation sites excluding steroid dienone is 1. The molecule has 1 rings (SSSR count). The van der Waals surface area contributed by atoms with E-state index in [1.54, 1.807) is 14.2 Å². The van der Waals surface area contributed by atoms with Crippen LogP contribution < -0.4 is 9.47 Å². The van der Waals surface area contributed by atoms with Crippen molar-refractivity contribution in [3.8, 4) is 11.5 Å². The monoisotopic (exact) mass is 208 g/mol. The van der Waals surface area contributed by atoms with E-state index < -0.39 is 0 Å². The number of aliphatic hydroxyl groups excluding tert-OH is 1. The third-order valence-corrected chi connectivity index (χ3v) is 2.19. The molecule has 0 fully saturated rings. The normalized spacial score (nSPS) is 10.7. The van der Waals surface area contributed by atoms with Gasteiger partial charge in [0.05, 0.1) is 20.8 Å². The average molecular weight is 208 g/mol. The maximum atomic E-state index is 9.31. The lowest BCUT2D eigenvalue weighted by Crippen LogP contribution is -1.98. The number of rotatable bonds is 4. The molecule has 3 heteroatoms. The van der Waals surface area contributed by atoms with Crippen LogP contribution in [0.3, 0.4) is 0 Å². The van der Waals surface area contributed by atoms with Gasteiger partial charge in [-0.1, -0.05) is 18.2 Å². The van der Waals surface area contributed by atoms with Gasteiger partial charge in [-0.05, 0) is 18.6 Å². The molecule has 0 aliphatic heterocycles. The van der Waals surface area contributed by atoms with Crippen LogP contribution in [0.4, 0.5) is 0 Å². The van der Waals surface area contributed by atoms with Gasteiger partial charge in [0.1, 0.15) is 0 Å². The van der Waals surface area contributed by atoms with Gasteiger partial charge in [-0.25, -0.2) is 0 Å². The van der Waals surface area contributed by atoms with Gasteiger partial charge in [-0.2, -0.15) is 0 Å². The molecule has 0 aliphatic carbocycles. The fraction of sp³-hybridized carbons (Fsp3) is 0.333. The van der Waals surface area contributed by atoms with Crippen molar-refractivity contribution in [3.63, 3.8) is 0 Å². The molecule has 0 aromatic heterocycles. The number of hydrogen-bond acceptors (Lipinski definition) is 3. The number of benzene rings is 1. The van der Waals surface area contributed by atoms with Crippen molar-refractivity contribution in [2.24, 2.45) is 0 Å². The fourth-order valence-corrected chi connectivity index (χ4v) is 1.50. The molecule has 0 heterocycles. The van der Waals surface area contributed by atoms with Crippen molar-refractivity contribution >= 4 is 6.08 Å². The van der Waals surface area contributed by atoms with Crippen LogP contribution in [0, 0.1) is 0 Å². The molecule has 0 saturated carbocycles. The molecule has 15 heavy (non-hydrogen) atoms. The summed E-state index contributed by atoms with van der Waals surface area (Å²) in [6, 6.07) is 3.72. The number of methoxy groups -OCH3 is 2. The van der Waals surface area contributed by atoms with E-state index in [0.29, 0.717) is 11.5 Å². The lowest BCUT2D eigenvalue weighted by molar-refractivity contribution is 0.269. The highest BCUT2D eigenvalue weighted by atomic mass is 16.5. The molecular weight excluding hydrogens is 192 g/mol. The van der Waals surface area contributed by atoms with Crippen molar-refractivity contribution in [1.29, 1.82) is 0 Å². The molecule has 1 aromatic carbocycles. The van der Waals surface area contributed by atoms with Crippen molar-refractivity contribution < 1.29 is 14.6 Å². The molecule has 1 N–H and O–H groups in total. The first-order valence-electron chi connectivity index (χ1n) is 4.75. The Labute approximate surface area is 90.0 Å². The van der Waals surface area contributed by atoms with Crippen LogP contribution in [0.1, 0.15) is 18.1 Å². The second-order valence-corrected chi connectivity index (χ2v) is 3.03. The maximum absolute atomic E-state index is 9.31. The highest BCUT2D eigenvalue weighted by Crippen LogP contribution is 2.33. The van der Waals surface area contributed by atoms with Gasteiger partial charge in [-0.15, -0.1) is 0 Å². The Morgan fingerprint density at radius 1 is 1.27 bits per heavy atom. The number of hydrogen-bond donors (Lipinski definition) is 1. The predicted molar refractivity (Wildman–Crippen MR) is 60.2 cm³/mol. The second-order valence-electron chi connectivity index (χ2n) is 3.03. The van der Waals surface area contributed by atoms with Crippen LogP contribution in [0.5, 0.6) is 11.5 Å². The molecule has 0 atom stereocenters. The highest BCUT2D eigenvalue weighted by Gasteiger charge is 2.12. The zero-order chi connectivity index (χ0) is 11.3. The summed E-state index contributed by atoms with van der Waals surface area (Å²) in [5, 5.41) is 9.31. The molecule has 0 aliphatic rings. The molecule has 0 saturated heterocycles. The summed E-state index contributed by atoms with van der Waals surface area (Å²) in [6.45, 7) is 1.86. The standard InChI is InChI=1S/C12H16O3/c1-4-5-9-6-7-11(14-2)12(15-3)10(9)8-13/h4-7,13H,8H2,1-3H3/b5-4+. The third kappa shape index (κ3) is 2.30. The minimum atomic E-state index is -0.0694. The van der Waals surface area contributed by atoms with E-state index in [2.05, 4.69) is 0 Å². The first kappa shape index (κ1) is 11.6. The molecule has 0 radical (unpaired) electrons. The van der Waals surface area contributed by atoms with Crippen LogP contribution in [0.15, 0.2) is 18.2 Å². The fourth-order valence-electron chi connectivity index (χ4n) is 1.50. The van der Waals surface area contributed by atoms with Crippen LogP contribution >= 0.6 is 0 Å². The van der Waals surface area contributed by atoms with Crippen molar-refractivity contribution in [1.82, 2.24) is 0 Å². The van der Waals surface area contributed by atoms with Crippen LogP contribution in [0.25, 0.3) is 6.08 Å². The molecule has 82 valence electrons. The predicted octanol–water partition coefficient (Wildman–Crippen LogP) is 2.23. The van der Waals surface area contributed by atoms with Gasteiger partial charge in [0, 0.05) is 5.56 Å². The lowest BCUT2D eigenvalue weighted by Gasteiger charge is -2.13. The topological polar surface area (TPSA) is 38.7 Å².